The van der Waals surface area contributed by atoms with Crippen LogP contribution in [-0.4, -0.2) is 38.9 Å². The van der Waals surface area contributed by atoms with E-state index in [2.05, 4.69) is 10.0 Å². The van der Waals surface area contributed by atoms with Gasteiger partial charge in [-0.25, -0.2) is 9.59 Å². The Hall–Kier alpha value is -4.08. The normalized spacial score (nSPS) is 19.1. The highest BCUT2D eigenvalue weighted by molar-refractivity contribution is 8.00. The molecule has 0 saturated carbocycles. The molecule has 3 atom stereocenters. The summed E-state index contributed by atoms with van der Waals surface area (Å²) < 4.78 is 7.27. The fourth-order valence-corrected chi connectivity index (χ4v) is 5.33. The summed E-state index contributed by atoms with van der Waals surface area (Å²) in [6, 6.07) is 15.9. The predicted octanol–water partition coefficient (Wildman–Crippen LogP) is 3.55. The minimum absolute atomic E-state index is 0.0443. The van der Waals surface area contributed by atoms with Gasteiger partial charge in [0.2, 0.25) is 0 Å². The van der Waals surface area contributed by atoms with E-state index < -0.39 is 34.5 Å². The maximum atomic E-state index is 13.3. The number of ether oxygens (including phenoxy) is 1. The highest BCUT2D eigenvalue weighted by Crippen LogP contribution is 2.43. The molecule has 10 nitrogen and oxygen atoms in total. The van der Waals surface area contributed by atoms with Crippen molar-refractivity contribution in [3.63, 3.8) is 0 Å². The Kier molecular flexibility index (Phi) is 7.19. The first kappa shape index (κ1) is 24.1. The molecule has 178 valence electrons. The number of carbonyl (C=O) groups is 2. The van der Waals surface area contributed by atoms with Crippen LogP contribution in [0.5, 0.6) is 0 Å². The lowest BCUT2D eigenvalue weighted by atomic mass is 10.1. The molecular weight excluding hydrogens is 470 g/mol. The van der Waals surface area contributed by atoms with Crippen molar-refractivity contribution in [1.29, 1.82) is 0 Å². The maximum absolute atomic E-state index is 13.3. The van der Waals surface area contributed by atoms with Gasteiger partial charge in [-0.15, -0.1) is 11.8 Å². The van der Waals surface area contributed by atoms with Gasteiger partial charge in [-0.3, -0.25) is 14.2 Å². The van der Waals surface area contributed by atoms with E-state index in [9.17, 15) is 19.2 Å². The molecule has 0 spiro atoms. The number of carbonyl (C=O) groups excluding carboxylic acids is 2. The molecule has 2 aromatic carbocycles. The summed E-state index contributed by atoms with van der Waals surface area (Å²) in [5.74, 6) is -1.22. The first-order valence-electron chi connectivity index (χ1n) is 10.8. The number of azide groups is 1. The smallest absolute Gasteiger partial charge is 0.339 e. The third-order valence-electron chi connectivity index (χ3n) is 5.56. The number of rotatable bonds is 6. The third-order valence-corrected chi connectivity index (χ3v) is 7.09. The van der Waals surface area contributed by atoms with Crippen LogP contribution in [0, 0.1) is 6.92 Å². The fourth-order valence-electron chi connectivity index (χ4n) is 3.85. The van der Waals surface area contributed by atoms with Gasteiger partial charge in [0.25, 0.3) is 11.5 Å². The van der Waals surface area contributed by atoms with Gasteiger partial charge in [-0.2, -0.15) is 4.57 Å². The topological polar surface area (TPSA) is 136 Å². The van der Waals surface area contributed by atoms with Gasteiger partial charge in [0, 0.05) is 27.5 Å². The number of aryl methyl sites for hydroxylation is 1. The molecule has 0 amide bonds. The van der Waals surface area contributed by atoms with Crippen molar-refractivity contribution in [2.45, 2.75) is 30.0 Å². The number of hydrogen-bond acceptors (Lipinski definition) is 7. The van der Waals surface area contributed by atoms with Gasteiger partial charge in [-0.1, -0.05) is 41.5 Å². The molecule has 1 aliphatic heterocycles. The van der Waals surface area contributed by atoms with E-state index >= 15 is 0 Å². The molecule has 35 heavy (non-hydrogen) atoms. The van der Waals surface area contributed by atoms with Gasteiger partial charge >= 0.3 is 11.7 Å². The van der Waals surface area contributed by atoms with E-state index in [4.69, 9.17) is 10.3 Å². The zero-order valence-corrected chi connectivity index (χ0v) is 19.5. The van der Waals surface area contributed by atoms with Crippen molar-refractivity contribution in [1.82, 2.24) is 9.13 Å². The van der Waals surface area contributed by atoms with Crippen LogP contribution in [-0.2, 0) is 4.74 Å². The molecule has 1 saturated heterocycles. The van der Waals surface area contributed by atoms with Gasteiger partial charge in [-0.05, 0) is 43.1 Å². The predicted molar refractivity (Wildman–Crippen MR) is 131 cm³/mol. The lowest BCUT2D eigenvalue weighted by molar-refractivity contribution is 0.0504. The van der Waals surface area contributed by atoms with E-state index in [-0.39, 0.29) is 23.0 Å². The van der Waals surface area contributed by atoms with Gasteiger partial charge in [0.05, 0.1) is 17.0 Å². The van der Waals surface area contributed by atoms with E-state index in [0.717, 1.165) is 0 Å². The van der Waals surface area contributed by atoms with Gasteiger partial charge < -0.3 is 4.74 Å². The first-order valence-corrected chi connectivity index (χ1v) is 11.7. The van der Waals surface area contributed by atoms with Crippen LogP contribution in [0.3, 0.4) is 0 Å². The largest absolute Gasteiger partial charge is 0.461 e. The van der Waals surface area contributed by atoms with Crippen molar-refractivity contribution in [2.24, 2.45) is 5.11 Å². The molecule has 1 fully saturated rings. The number of hydrogen-bond donors (Lipinski definition) is 0. The minimum Gasteiger partial charge on any atom is -0.461 e. The van der Waals surface area contributed by atoms with Crippen molar-refractivity contribution in [3.05, 3.63) is 115 Å². The van der Waals surface area contributed by atoms with Gasteiger partial charge in [0.1, 0.15) is 6.61 Å². The molecule has 4 rings (SSSR count). The van der Waals surface area contributed by atoms with Gasteiger partial charge in [0.15, 0.2) is 0 Å². The Labute approximate surface area is 203 Å². The summed E-state index contributed by atoms with van der Waals surface area (Å²) in [6.45, 7) is 1.55. The Balaban J connectivity index is 1.62. The molecule has 0 unspecified atom stereocenters. The molecule has 3 aromatic rings. The van der Waals surface area contributed by atoms with Crippen LogP contribution in [0.25, 0.3) is 10.4 Å². The first-order chi connectivity index (χ1) is 16.9. The lowest BCUT2D eigenvalue weighted by Gasteiger charge is -2.19. The Morgan fingerprint density at radius 2 is 1.71 bits per heavy atom. The van der Waals surface area contributed by atoms with Crippen molar-refractivity contribution in [2.75, 3.05) is 6.61 Å². The second-order valence-corrected chi connectivity index (χ2v) is 9.36. The summed E-state index contributed by atoms with van der Waals surface area (Å²) in [5.41, 5.74) is 8.33. The Morgan fingerprint density at radius 1 is 1.09 bits per heavy atom. The highest BCUT2D eigenvalue weighted by Gasteiger charge is 2.38. The number of nitrogens with zero attached hydrogens (tertiary/aromatic N) is 5. The van der Waals surface area contributed by atoms with Crippen molar-refractivity contribution >= 4 is 23.6 Å². The number of esters is 1. The second-order valence-electron chi connectivity index (χ2n) is 7.93. The quantitative estimate of drug-likeness (QED) is 0.224. The zero-order chi connectivity index (χ0) is 24.9. The van der Waals surface area contributed by atoms with Crippen LogP contribution in [0.2, 0.25) is 0 Å². The van der Waals surface area contributed by atoms with Crippen LogP contribution >= 0.6 is 11.8 Å². The van der Waals surface area contributed by atoms with Crippen LogP contribution in [0.4, 0.5) is 0 Å². The van der Waals surface area contributed by atoms with Crippen LogP contribution in [0.15, 0.2) is 81.6 Å². The average molecular weight is 492 g/mol. The summed E-state index contributed by atoms with van der Waals surface area (Å²) in [7, 11) is 0. The molecule has 0 radical (unpaired) electrons. The Morgan fingerprint density at radius 3 is 2.34 bits per heavy atom. The molecule has 0 bridgehead atoms. The van der Waals surface area contributed by atoms with E-state index in [1.165, 1.54) is 41.6 Å². The SMILES string of the molecule is Cc1cn([C@@H]2S[C@@H](COC(=O)c3ccccc3)C[C@@H]2N=[N+]=[N-])c(=O)n(C(=O)c2ccccc2)c1=O. The fraction of sp³-hybridized carbons (Fsp3) is 0.250. The summed E-state index contributed by atoms with van der Waals surface area (Å²) in [6.07, 6.45) is 1.72. The number of thioether (sulfide) groups is 1. The van der Waals surface area contributed by atoms with Crippen LogP contribution in [0.1, 0.15) is 38.1 Å². The average Bonchev–Trinajstić information content (AvgIpc) is 3.28. The molecule has 1 aromatic heterocycles. The summed E-state index contributed by atoms with van der Waals surface area (Å²) >= 11 is 1.29. The highest BCUT2D eigenvalue weighted by atomic mass is 32.2. The van der Waals surface area contributed by atoms with Crippen molar-refractivity contribution in [3.8, 4) is 0 Å². The summed E-state index contributed by atoms with van der Waals surface area (Å²) in [5, 5.41) is 2.88. The summed E-state index contributed by atoms with van der Waals surface area (Å²) in [4.78, 5) is 54.3. The molecule has 0 N–H and O–H groups in total. The minimum atomic E-state index is -0.827. The van der Waals surface area contributed by atoms with E-state index in [1.54, 1.807) is 48.5 Å². The monoisotopic (exact) mass is 491 g/mol. The zero-order valence-electron chi connectivity index (χ0n) is 18.7. The third kappa shape index (κ3) is 5.06. The standard InChI is InChI=1S/C24H21N5O5S/c1-15-13-28(24(33)29(20(15)30)21(31)16-8-4-2-5-9-16)22-19(26-27-25)12-18(35-22)14-34-23(32)17-10-6-3-7-11-17/h2-11,13,18-19,22H,12,14H2,1H3/t18-,19+,22-/m1/s1. The molecule has 0 aliphatic carbocycles. The van der Waals surface area contributed by atoms with Crippen LogP contribution < -0.4 is 11.2 Å². The molecule has 1 aliphatic rings. The molecular formula is C24H21N5O5S. The van der Waals surface area contributed by atoms with E-state index in [0.29, 0.717) is 16.6 Å². The lowest BCUT2D eigenvalue weighted by Crippen LogP contribution is -2.46. The van der Waals surface area contributed by atoms with Crippen molar-refractivity contribution < 1.29 is 14.3 Å². The Bertz CT molecular complexity index is 1410. The second kappa shape index (κ2) is 10.5. The molecule has 11 heteroatoms. The number of benzene rings is 2. The maximum Gasteiger partial charge on any atom is 0.339 e. The molecule has 2 heterocycles. The number of aromatic nitrogens is 2. The van der Waals surface area contributed by atoms with E-state index in [1.807, 2.05) is 0 Å².